The van der Waals surface area contributed by atoms with Crippen LogP contribution in [0.4, 0.5) is 10.5 Å². The zero-order valence-electron chi connectivity index (χ0n) is 13.2. The van der Waals surface area contributed by atoms with Crippen molar-refractivity contribution in [3.63, 3.8) is 0 Å². The zero-order chi connectivity index (χ0) is 14.9. The highest BCUT2D eigenvalue weighted by Crippen LogP contribution is 2.27. The molecule has 0 saturated heterocycles. The molecule has 1 fully saturated rings. The van der Waals surface area contributed by atoms with Gasteiger partial charge in [0.15, 0.2) is 0 Å². The Morgan fingerprint density at radius 1 is 1.10 bits per heavy atom. The van der Waals surface area contributed by atoms with E-state index >= 15 is 0 Å². The number of urea groups is 1. The van der Waals surface area contributed by atoms with E-state index in [9.17, 15) is 4.79 Å². The van der Waals surface area contributed by atoms with Gasteiger partial charge < -0.3 is 10.6 Å². The molecule has 2 N–H and O–H groups in total. The van der Waals surface area contributed by atoms with E-state index in [1.165, 1.54) is 50.5 Å². The third-order valence-electron chi connectivity index (χ3n) is 4.36. The molecule has 0 bridgehead atoms. The monoisotopic (exact) mass is 288 g/mol. The number of aryl methyl sites for hydroxylation is 1. The summed E-state index contributed by atoms with van der Waals surface area (Å²) in [6.07, 6.45) is 10.7. The van der Waals surface area contributed by atoms with E-state index in [1.807, 2.05) is 31.2 Å². The van der Waals surface area contributed by atoms with Gasteiger partial charge in [0.1, 0.15) is 0 Å². The van der Waals surface area contributed by atoms with Crippen molar-refractivity contribution in [2.75, 3.05) is 11.9 Å². The molecule has 1 aliphatic carbocycles. The molecule has 1 aliphatic rings. The molecule has 1 aromatic rings. The molecule has 0 radical (unpaired) electrons. The summed E-state index contributed by atoms with van der Waals surface area (Å²) in [6, 6.07) is 7.76. The van der Waals surface area contributed by atoms with Crippen molar-refractivity contribution in [1.82, 2.24) is 5.32 Å². The van der Waals surface area contributed by atoms with Crippen LogP contribution in [0.3, 0.4) is 0 Å². The molecule has 0 atom stereocenters. The molecule has 1 aromatic carbocycles. The number of rotatable bonds is 6. The summed E-state index contributed by atoms with van der Waals surface area (Å²) < 4.78 is 0. The first-order chi connectivity index (χ1) is 10.2. The maximum absolute atomic E-state index is 11.7. The third-order valence-corrected chi connectivity index (χ3v) is 4.36. The van der Waals surface area contributed by atoms with Crippen LogP contribution in [-0.2, 0) is 0 Å². The maximum atomic E-state index is 11.7. The fourth-order valence-corrected chi connectivity index (χ4v) is 3.05. The van der Waals surface area contributed by atoms with Crippen molar-refractivity contribution in [2.45, 2.75) is 58.3 Å². The molecule has 0 aromatic heterocycles. The van der Waals surface area contributed by atoms with Gasteiger partial charge in [0.25, 0.3) is 0 Å². The van der Waals surface area contributed by atoms with Gasteiger partial charge in [-0.2, -0.15) is 0 Å². The summed E-state index contributed by atoms with van der Waals surface area (Å²) in [5.74, 6) is 0.945. The Morgan fingerprint density at radius 2 is 1.81 bits per heavy atom. The summed E-state index contributed by atoms with van der Waals surface area (Å²) in [5.41, 5.74) is 2.05. The van der Waals surface area contributed by atoms with Gasteiger partial charge in [-0.25, -0.2) is 4.79 Å². The van der Waals surface area contributed by atoms with Gasteiger partial charge >= 0.3 is 6.03 Å². The number of carbonyl (C=O) groups excluding carboxylic acids is 1. The Labute approximate surface area is 128 Å². The molecule has 21 heavy (non-hydrogen) atoms. The molecule has 0 spiro atoms. The number of hydrogen-bond donors (Lipinski definition) is 2. The van der Waals surface area contributed by atoms with E-state index in [4.69, 9.17) is 0 Å². The minimum Gasteiger partial charge on any atom is -0.338 e. The third kappa shape index (κ3) is 6.19. The second kappa shape index (κ2) is 8.71. The van der Waals surface area contributed by atoms with Gasteiger partial charge in [0.05, 0.1) is 0 Å². The van der Waals surface area contributed by atoms with Crippen LogP contribution in [0.1, 0.15) is 56.9 Å². The Morgan fingerprint density at radius 3 is 2.52 bits per heavy atom. The van der Waals surface area contributed by atoms with Crippen LogP contribution in [0.25, 0.3) is 0 Å². The summed E-state index contributed by atoms with van der Waals surface area (Å²) in [7, 11) is 0. The van der Waals surface area contributed by atoms with Crippen molar-refractivity contribution in [1.29, 1.82) is 0 Å². The van der Waals surface area contributed by atoms with Crippen LogP contribution in [-0.4, -0.2) is 12.6 Å². The molecular formula is C18H28N2O. The van der Waals surface area contributed by atoms with E-state index < -0.39 is 0 Å². The SMILES string of the molecule is Cc1ccc(NC(=O)NCCCCC2CCCCC2)cc1. The molecular weight excluding hydrogens is 260 g/mol. The lowest BCUT2D eigenvalue weighted by Crippen LogP contribution is -2.29. The first-order valence-electron chi connectivity index (χ1n) is 8.35. The predicted octanol–water partition coefficient (Wildman–Crippen LogP) is 4.87. The van der Waals surface area contributed by atoms with Crippen molar-refractivity contribution in [3.8, 4) is 0 Å². The average Bonchev–Trinajstić information content (AvgIpc) is 2.50. The number of benzene rings is 1. The molecule has 2 amide bonds. The number of carbonyl (C=O) groups is 1. The Hall–Kier alpha value is -1.51. The Kier molecular flexibility index (Phi) is 6.58. The van der Waals surface area contributed by atoms with Crippen LogP contribution in [0.2, 0.25) is 0 Å². The number of amides is 2. The lowest BCUT2D eigenvalue weighted by molar-refractivity contribution is 0.251. The first-order valence-corrected chi connectivity index (χ1v) is 8.35. The number of hydrogen-bond acceptors (Lipinski definition) is 1. The summed E-state index contributed by atoms with van der Waals surface area (Å²) in [6.45, 7) is 2.81. The van der Waals surface area contributed by atoms with Crippen LogP contribution < -0.4 is 10.6 Å². The predicted molar refractivity (Wildman–Crippen MR) is 88.6 cm³/mol. The highest BCUT2D eigenvalue weighted by Gasteiger charge is 2.12. The van der Waals surface area contributed by atoms with Crippen molar-refractivity contribution in [3.05, 3.63) is 29.8 Å². The standard InChI is InChI=1S/C18H28N2O/c1-15-10-12-17(13-11-15)20-18(21)19-14-6-5-9-16-7-3-2-4-8-16/h10-13,16H,2-9,14H2,1H3,(H2,19,20,21). The van der Waals surface area contributed by atoms with Gasteiger partial charge in [0.2, 0.25) is 0 Å². The summed E-state index contributed by atoms with van der Waals surface area (Å²) >= 11 is 0. The molecule has 0 aliphatic heterocycles. The quantitative estimate of drug-likeness (QED) is 0.721. The van der Waals surface area contributed by atoms with Gasteiger partial charge in [-0.05, 0) is 31.4 Å². The first kappa shape index (κ1) is 15.9. The molecule has 116 valence electrons. The smallest absolute Gasteiger partial charge is 0.319 e. The largest absolute Gasteiger partial charge is 0.338 e. The lowest BCUT2D eigenvalue weighted by atomic mass is 9.86. The Balaban J connectivity index is 1.53. The van der Waals surface area contributed by atoms with Gasteiger partial charge in [0, 0.05) is 12.2 Å². The fraction of sp³-hybridized carbons (Fsp3) is 0.611. The van der Waals surface area contributed by atoms with E-state index in [1.54, 1.807) is 0 Å². The van der Waals surface area contributed by atoms with Crippen molar-refractivity contribution in [2.24, 2.45) is 5.92 Å². The maximum Gasteiger partial charge on any atom is 0.319 e. The molecule has 3 heteroatoms. The van der Waals surface area contributed by atoms with Crippen molar-refractivity contribution < 1.29 is 4.79 Å². The highest BCUT2D eigenvalue weighted by atomic mass is 16.2. The average molecular weight is 288 g/mol. The molecule has 3 nitrogen and oxygen atoms in total. The molecule has 1 saturated carbocycles. The molecule has 0 unspecified atom stereocenters. The van der Waals surface area contributed by atoms with E-state index in [2.05, 4.69) is 10.6 Å². The van der Waals surface area contributed by atoms with Crippen LogP contribution in [0.15, 0.2) is 24.3 Å². The van der Waals surface area contributed by atoms with Gasteiger partial charge in [-0.3, -0.25) is 0 Å². The van der Waals surface area contributed by atoms with Gasteiger partial charge in [-0.1, -0.05) is 62.6 Å². The number of unbranched alkanes of at least 4 members (excludes halogenated alkanes) is 1. The fourth-order valence-electron chi connectivity index (χ4n) is 3.05. The summed E-state index contributed by atoms with van der Waals surface area (Å²) in [5, 5.41) is 5.79. The van der Waals surface area contributed by atoms with E-state index in [0.29, 0.717) is 0 Å². The van der Waals surface area contributed by atoms with E-state index in [0.717, 1.165) is 24.6 Å². The topological polar surface area (TPSA) is 41.1 Å². The summed E-state index contributed by atoms with van der Waals surface area (Å²) in [4.78, 5) is 11.7. The minimum atomic E-state index is -0.100. The molecule has 2 rings (SSSR count). The van der Waals surface area contributed by atoms with Crippen LogP contribution in [0, 0.1) is 12.8 Å². The highest BCUT2D eigenvalue weighted by molar-refractivity contribution is 5.89. The van der Waals surface area contributed by atoms with E-state index in [-0.39, 0.29) is 6.03 Å². The van der Waals surface area contributed by atoms with Crippen LogP contribution in [0.5, 0.6) is 0 Å². The minimum absolute atomic E-state index is 0.100. The van der Waals surface area contributed by atoms with Gasteiger partial charge in [-0.15, -0.1) is 0 Å². The zero-order valence-corrected chi connectivity index (χ0v) is 13.2. The van der Waals surface area contributed by atoms with Crippen LogP contribution >= 0.6 is 0 Å². The normalized spacial score (nSPS) is 15.7. The molecule has 0 heterocycles. The number of anilines is 1. The Bertz CT molecular complexity index is 421. The second-order valence-electron chi connectivity index (χ2n) is 6.25. The second-order valence-corrected chi connectivity index (χ2v) is 6.25. The lowest BCUT2D eigenvalue weighted by Gasteiger charge is -2.21. The number of nitrogens with one attached hydrogen (secondary N) is 2. The van der Waals surface area contributed by atoms with Crippen molar-refractivity contribution >= 4 is 11.7 Å².